The van der Waals surface area contributed by atoms with Crippen LogP contribution in [-0.4, -0.2) is 38.5 Å². The fourth-order valence-electron chi connectivity index (χ4n) is 8.72. The Labute approximate surface area is 237 Å². The third kappa shape index (κ3) is 3.71. The van der Waals surface area contributed by atoms with Gasteiger partial charge < -0.3 is 10.2 Å². The van der Waals surface area contributed by atoms with Crippen LogP contribution in [0.25, 0.3) is 0 Å². The number of allylic oxidation sites excluding steroid dienone is 4. The summed E-state index contributed by atoms with van der Waals surface area (Å²) in [4.78, 5) is 29.5. The van der Waals surface area contributed by atoms with Gasteiger partial charge in [-0.2, -0.15) is 0 Å². The molecule has 0 unspecified atom stereocenters. The minimum atomic E-state index is -1.95. The molecule has 40 heavy (non-hydrogen) atoms. The van der Waals surface area contributed by atoms with Crippen LogP contribution in [0, 0.1) is 34.4 Å². The fraction of sp³-hybridized carbons (Fsp3) is 0.531. The van der Waals surface area contributed by atoms with E-state index in [0.717, 1.165) is 11.1 Å². The van der Waals surface area contributed by atoms with Gasteiger partial charge in [-0.15, -0.1) is 11.3 Å². The smallest absolute Gasteiger partial charge is 0.178 e. The zero-order chi connectivity index (χ0) is 28.7. The lowest BCUT2D eigenvalue weighted by Gasteiger charge is -2.62. The molecule has 4 aliphatic carbocycles. The Morgan fingerprint density at radius 2 is 1.90 bits per heavy atom. The minimum absolute atomic E-state index is 0.0586. The Kier molecular flexibility index (Phi) is 6.37. The van der Waals surface area contributed by atoms with Crippen molar-refractivity contribution in [1.29, 1.82) is 0 Å². The van der Waals surface area contributed by atoms with Gasteiger partial charge in [0.05, 0.1) is 18.2 Å². The molecule has 212 valence electrons. The number of nitrogens with zero attached hydrogens (tertiary/aromatic N) is 1. The van der Waals surface area contributed by atoms with E-state index < -0.39 is 34.1 Å². The molecule has 1 aromatic carbocycles. The first-order valence-corrected chi connectivity index (χ1v) is 15.0. The van der Waals surface area contributed by atoms with Crippen LogP contribution >= 0.6 is 11.3 Å². The van der Waals surface area contributed by atoms with E-state index >= 15 is 4.39 Å². The number of thiazole rings is 1. The third-order valence-corrected chi connectivity index (χ3v) is 11.7. The van der Waals surface area contributed by atoms with Crippen LogP contribution < -0.4 is 0 Å². The average Bonchev–Trinajstić information content (AvgIpc) is 3.44. The summed E-state index contributed by atoms with van der Waals surface area (Å²) in [5.74, 6) is -1.49. The van der Waals surface area contributed by atoms with Gasteiger partial charge in [0.1, 0.15) is 22.2 Å². The lowest BCUT2D eigenvalue weighted by molar-refractivity contribution is -0.223. The number of halogens is 2. The van der Waals surface area contributed by atoms with Crippen LogP contribution in [0.5, 0.6) is 0 Å². The van der Waals surface area contributed by atoms with Gasteiger partial charge in [-0.05, 0) is 74.3 Å². The van der Waals surface area contributed by atoms with Gasteiger partial charge >= 0.3 is 0 Å². The molecular formula is C32H35F2NO4S. The zero-order valence-electron chi connectivity index (χ0n) is 23.0. The Bertz CT molecular complexity index is 1430. The number of Topliss-reactive ketones (excluding diaryl/α,β-unsaturated/α-hetero) is 1. The maximum Gasteiger partial charge on any atom is 0.178 e. The average molecular weight is 568 g/mol. The number of aromatic nitrogens is 1. The minimum Gasteiger partial charge on any atom is -0.390 e. The number of aliphatic hydroxyl groups excluding tert-OH is 1. The molecule has 0 saturated heterocycles. The normalized spacial score (nSPS) is 40.3. The van der Waals surface area contributed by atoms with E-state index in [-0.39, 0.29) is 48.5 Å². The number of hydrogen-bond donors (Lipinski definition) is 2. The summed E-state index contributed by atoms with van der Waals surface area (Å²) < 4.78 is 30.6. The number of benzene rings is 1. The fourth-order valence-corrected chi connectivity index (χ4v) is 9.60. The van der Waals surface area contributed by atoms with Crippen molar-refractivity contribution in [2.24, 2.45) is 28.6 Å². The molecule has 2 aromatic rings. The van der Waals surface area contributed by atoms with Crippen LogP contribution in [0.15, 0.2) is 53.4 Å². The molecule has 1 heterocycles. The molecule has 3 saturated carbocycles. The molecule has 5 nitrogen and oxygen atoms in total. The van der Waals surface area contributed by atoms with Gasteiger partial charge in [-0.1, -0.05) is 37.6 Å². The van der Waals surface area contributed by atoms with Crippen LogP contribution in [0.1, 0.15) is 62.7 Å². The maximum atomic E-state index is 17.4. The molecule has 6 rings (SSSR count). The van der Waals surface area contributed by atoms with Crippen LogP contribution in [0.4, 0.5) is 8.78 Å². The first kappa shape index (κ1) is 27.6. The van der Waals surface area contributed by atoms with Crippen molar-refractivity contribution >= 4 is 22.9 Å². The van der Waals surface area contributed by atoms with Gasteiger partial charge in [0.25, 0.3) is 0 Å². The summed E-state index contributed by atoms with van der Waals surface area (Å²) in [6.45, 7) is 5.71. The van der Waals surface area contributed by atoms with Gasteiger partial charge in [0, 0.05) is 28.5 Å². The van der Waals surface area contributed by atoms with Crippen molar-refractivity contribution in [1.82, 2.24) is 4.98 Å². The molecule has 3 fully saturated rings. The van der Waals surface area contributed by atoms with Gasteiger partial charge in [0.15, 0.2) is 11.5 Å². The summed E-state index contributed by atoms with van der Waals surface area (Å²) >= 11 is 1.32. The van der Waals surface area contributed by atoms with E-state index in [1.807, 2.05) is 13.8 Å². The predicted molar refractivity (Wildman–Crippen MR) is 148 cm³/mol. The lowest BCUT2D eigenvalue weighted by atomic mass is 9.44. The highest BCUT2D eigenvalue weighted by Crippen LogP contribution is 2.72. The number of carbonyl (C=O) groups is 2. The van der Waals surface area contributed by atoms with Gasteiger partial charge in [-0.3, -0.25) is 9.59 Å². The van der Waals surface area contributed by atoms with E-state index in [1.54, 1.807) is 30.5 Å². The highest BCUT2D eigenvalue weighted by molar-refractivity contribution is 7.09. The number of carbonyl (C=O) groups excluding carboxylic acids is 2. The molecule has 4 aliphatic rings. The van der Waals surface area contributed by atoms with Crippen LogP contribution in [0.2, 0.25) is 0 Å². The molecule has 0 bridgehead atoms. The van der Waals surface area contributed by atoms with E-state index in [0.29, 0.717) is 30.0 Å². The molecule has 2 N–H and O–H groups in total. The summed E-state index contributed by atoms with van der Waals surface area (Å²) in [6.07, 6.45) is 5.24. The Balaban J connectivity index is 1.28. The van der Waals surface area contributed by atoms with Gasteiger partial charge in [-0.25, -0.2) is 13.8 Å². The second-order valence-electron chi connectivity index (χ2n) is 12.8. The van der Waals surface area contributed by atoms with Crippen molar-refractivity contribution in [3.8, 4) is 0 Å². The summed E-state index contributed by atoms with van der Waals surface area (Å²) in [5, 5.41) is 26.4. The van der Waals surface area contributed by atoms with E-state index in [1.165, 1.54) is 35.6 Å². The number of ketones is 2. The molecule has 1 aromatic heterocycles. The second-order valence-corrected chi connectivity index (χ2v) is 13.8. The molecule has 8 atom stereocenters. The van der Waals surface area contributed by atoms with Crippen molar-refractivity contribution in [3.05, 3.63) is 75.5 Å². The van der Waals surface area contributed by atoms with E-state index in [9.17, 15) is 24.2 Å². The summed E-state index contributed by atoms with van der Waals surface area (Å²) in [7, 11) is 0. The van der Waals surface area contributed by atoms with Crippen molar-refractivity contribution in [2.45, 2.75) is 76.7 Å². The molecule has 8 heteroatoms. The third-order valence-electron chi connectivity index (χ3n) is 10.8. The Hall–Kier alpha value is -2.55. The highest BCUT2D eigenvalue weighted by atomic mass is 32.1. The second kappa shape index (κ2) is 9.23. The standard InChI is InChI=1S/C32H35F2NO4S/c1-18-12-25-24-9-6-20-14-22(36)10-11-29(20,2)31(24,34)27(38)16-30(25,3)32(18,39)26-17-40-28(35-26)15-23(37)13-19-4-7-21(33)8-5-19/h4-5,7-8,10-11,14,17-18,24-25,27,38-39H,6,9,12-13,15-16H2,1-3H3/t18-,24+,25+,27+,29+,30+,31+,32+/m1/s1. The van der Waals surface area contributed by atoms with E-state index in [2.05, 4.69) is 0 Å². The molecule has 0 spiro atoms. The molecule has 0 radical (unpaired) electrons. The number of rotatable bonds is 5. The highest BCUT2D eigenvalue weighted by Gasteiger charge is 2.74. The van der Waals surface area contributed by atoms with E-state index in [4.69, 9.17) is 4.98 Å². The topological polar surface area (TPSA) is 87.5 Å². The zero-order valence-corrected chi connectivity index (χ0v) is 23.8. The number of aliphatic hydroxyl groups is 2. The Morgan fingerprint density at radius 3 is 2.62 bits per heavy atom. The van der Waals surface area contributed by atoms with Crippen molar-refractivity contribution in [3.63, 3.8) is 0 Å². The number of fused-ring (bicyclic) bond motifs is 5. The summed E-state index contributed by atoms with van der Waals surface area (Å²) in [5.41, 5.74) is -3.33. The molecule has 0 aliphatic heterocycles. The summed E-state index contributed by atoms with van der Waals surface area (Å²) in [6, 6.07) is 5.85. The first-order valence-electron chi connectivity index (χ1n) is 14.1. The monoisotopic (exact) mass is 567 g/mol. The van der Waals surface area contributed by atoms with Gasteiger partial charge in [0.2, 0.25) is 0 Å². The maximum absolute atomic E-state index is 17.4. The quantitative estimate of drug-likeness (QED) is 0.503. The van der Waals surface area contributed by atoms with Crippen LogP contribution in [0.3, 0.4) is 0 Å². The SMILES string of the molecule is C[C@@H]1C[C@H]2[C@@H]3CCC4=CC(=O)C=C[C@]4(C)[C@@]3(F)[C@@H](O)C[C@]2(C)[C@@]1(O)c1csc(CC(=O)Cc2ccc(F)cc2)n1. The number of alkyl halides is 1. The largest absolute Gasteiger partial charge is 0.390 e. The lowest BCUT2D eigenvalue weighted by Crippen LogP contribution is -2.68. The predicted octanol–water partition coefficient (Wildman–Crippen LogP) is 5.44. The molecular weight excluding hydrogens is 532 g/mol. The number of hydrogen-bond acceptors (Lipinski definition) is 6. The van der Waals surface area contributed by atoms with Crippen molar-refractivity contribution in [2.75, 3.05) is 0 Å². The first-order chi connectivity index (χ1) is 18.8. The Morgan fingerprint density at radius 1 is 1.18 bits per heavy atom. The molecule has 0 amide bonds. The van der Waals surface area contributed by atoms with Crippen molar-refractivity contribution < 1.29 is 28.6 Å². The van der Waals surface area contributed by atoms with Crippen LogP contribution in [-0.2, 0) is 28.0 Å².